The Kier molecular flexibility index (Phi) is 4.83. The standard InChI is InChI=1S/C23H19F3N6O2/c1-31-11-15(18-19(27)28-12-29-20(18)31)13-5-7-14(8-6-13)32-10-9-22(34,21(32)33)16-3-2-4-17(30-16)23(24,25)26/h2-8,11-12,34H,9-10H2,1H3,(H2,27,28,29). The summed E-state index contributed by atoms with van der Waals surface area (Å²) in [4.78, 5) is 26.3. The maximum Gasteiger partial charge on any atom is 0.433 e. The van der Waals surface area contributed by atoms with E-state index in [4.69, 9.17) is 5.73 Å². The number of nitrogens with zero attached hydrogens (tertiary/aromatic N) is 5. The molecule has 174 valence electrons. The van der Waals surface area contributed by atoms with Crippen LogP contribution in [0.1, 0.15) is 17.8 Å². The van der Waals surface area contributed by atoms with E-state index in [1.54, 1.807) is 24.3 Å². The fourth-order valence-corrected chi connectivity index (χ4v) is 4.29. The normalized spacial score (nSPS) is 18.7. The van der Waals surface area contributed by atoms with Gasteiger partial charge in [0.2, 0.25) is 0 Å². The monoisotopic (exact) mass is 468 g/mol. The van der Waals surface area contributed by atoms with Crippen LogP contribution in [0, 0.1) is 0 Å². The van der Waals surface area contributed by atoms with Gasteiger partial charge in [-0.2, -0.15) is 13.2 Å². The van der Waals surface area contributed by atoms with Crippen LogP contribution in [0.3, 0.4) is 0 Å². The minimum absolute atomic E-state index is 0.0842. The average Bonchev–Trinajstić information content (AvgIpc) is 3.32. The third kappa shape index (κ3) is 3.36. The van der Waals surface area contributed by atoms with Gasteiger partial charge in [-0.1, -0.05) is 18.2 Å². The lowest BCUT2D eigenvalue weighted by Crippen LogP contribution is -2.38. The van der Waals surface area contributed by atoms with Gasteiger partial charge in [0.25, 0.3) is 5.91 Å². The first-order valence-electron chi connectivity index (χ1n) is 10.3. The van der Waals surface area contributed by atoms with Gasteiger partial charge in [-0.05, 0) is 29.8 Å². The van der Waals surface area contributed by atoms with E-state index in [0.717, 1.165) is 23.3 Å². The molecule has 0 saturated carbocycles. The van der Waals surface area contributed by atoms with Crippen LogP contribution in [-0.2, 0) is 23.6 Å². The molecule has 0 aliphatic carbocycles. The number of amides is 1. The lowest BCUT2D eigenvalue weighted by atomic mass is 9.97. The van der Waals surface area contributed by atoms with Crippen molar-refractivity contribution in [3.05, 3.63) is 66.4 Å². The van der Waals surface area contributed by atoms with Gasteiger partial charge in [-0.3, -0.25) is 4.79 Å². The second-order valence-electron chi connectivity index (χ2n) is 8.13. The van der Waals surface area contributed by atoms with Crippen molar-refractivity contribution >= 4 is 28.4 Å². The zero-order valence-electron chi connectivity index (χ0n) is 17.9. The third-order valence-corrected chi connectivity index (χ3v) is 6.03. The van der Waals surface area contributed by atoms with Crippen molar-refractivity contribution in [2.75, 3.05) is 17.2 Å². The number of fused-ring (bicyclic) bond motifs is 1. The summed E-state index contributed by atoms with van der Waals surface area (Å²) in [5.74, 6) is -0.382. The zero-order chi connectivity index (χ0) is 24.3. The summed E-state index contributed by atoms with van der Waals surface area (Å²) in [6.45, 7) is 0.127. The molecular weight excluding hydrogens is 449 g/mol. The first-order chi connectivity index (χ1) is 16.1. The maximum atomic E-state index is 13.1. The molecule has 0 radical (unpaired) electrons. The quantitative estimate of drug-likeness (QED) is 0.478. The van der Waals surface area contributed by atoms with E-state index in [2.05, 4.69) is 15.0 Å². The minimum atomic E-state index is -4.68. The number of alkyl halides is 3. The van der Waals surface area contributed by atoms with Crippen molar-refractivity contribution in [2.24, 2.45) is 7.05 Å². The van der Waals surface area contributed by atoms with Crippen molar-refractivity contribution in [1.29, 1.82) is 0 Å². The van der Waals surface area contributed by atoms with E-state index in [1.807, 2.05) is 17.8 Å². The largest absolute Gasteiger partial charge is 0.433 e. The van der Waals surface area contributed by atoms with Crippen LogP contribution in [0.5, 0.6) is 0 Å². The van der Waals surface area contributed by atoms with E-state index < -0.39 is 23.4 Å². The molecule has 1 amide bonds. The molecule has 1 fully saturated rings. The molecule has 1 aromatic carbocycles. The third-order valence-electron chi connectivity index (χ3n) is 6.03. The lowest BCUT2D eigenvalue weighted by Gasteiger charge is -2.23. The van der Waals surface area contributed by atoms with Gasteiger partial charge >= 0.3 is 6.18 Å². The van der Waals surface area contributed by atoms with Gasteiger partial charge in [-0.25, -0.2) is 15.0 Å². The summed E-state index contributed by atoms with van der Waals surface area (Å²) >= 11 is 0. The van der Waals surface area contributed by atoms with Gasteiger partial charge in [0.05, 0.1) is 11.1 Å². The molecule has 1 aliphatic heterocycles. The number of carbonyl (C=O) groups excluding carboxylic acids is 1. The Hall–Kier alpha value is -3.99. The highest BCUT2D eigenvalue weighted by atomic mass is 19.4. The van der Waals surface area contributed by atoms with Gasteiger partial charge in [0.1, 0.15) is 23.5 Å². The van der Waals surface area contributed by atoms with E-state index >= 15 is 0 Å². The number of benzene rings is 1. The van der Waals surface area contributed by atoms with Crippen LogP contribution in [-0.4, -0.2) is 37.1 Å². The molecule has 1 unspecified atom stereocenters. The number of hydrogen-bond acceptors (Lipinski definition) is 6. The molecule has 11 heteroatoms. The number of anilines is 2. The van der Waals surface area contributed by atoms with Crippen LogP contribution in [0.2, 0.25) is 0 Å². The van der Waals surface area contributed by atoms with E-state index in [-0.39, 0.29) is 18.7 Å². The number of aromatic nitrogens is 4. The Labute approximate surface area is 191 Å². The van der Waals surface area contributed by atoms with Crippen molar-refractivity contribution < 1.29 is 23.1 Å². The topological polar surface area (TPSA) is 110 Å². The summed E-state index contributed by atoms with van der Waals surface area (Å²) < 4.78 is 41.0. The number of carbonyl (C=O) groups is 1. The van der Waals surface area contributed by atoms with Crippen LogP contribution in [0.25, 0.3) is 22.2 Å². The van der Waals surface area contributed by atoms with E-state index in [1.165, 1.54) is 17.3 Å². The maximum absolute atomic E-state index is 13.1. The summed E-state index contributed by atoms with van der Waals surface area (Å²) in [6.07, 6.45) is -1.49. The van der Waals surface area contributed by atoms with Crippen LogP contribution in [0.4, 0.5) is 24.7 Å². The number of halogens is 3. The summed E-state index contributed by atoms with van der Waals surface area (Å²) in [5, 5.41) is 11.7. The molecule has 4 aromatic rings. The number of hydrogen-bond donors (Lipinski definition) is 2. The summed E-state index contributed by atoms with van der Waals surface area (Å²) in [7, 11) is 1.85. The molecule has 5 rings (SSSR count). The Balaban J connectivity index is 1.45. The second kappa shape index (κ2) is 7.52. The lowest BCUT2D eigenvalue weighted by molar-refractivity contribution is -0.143. The molecule has 3 aromatic heterocycles. The number of nitrogen functional groups attached to an aromatic ring is 1. The first-order valence-corrected chi connectivity index (χ1v) is 10.3. The van der Waals surface area contributed by atoms with Gasteiger partial charge in [0.15, 0.2) is 5.60 Å². The molecular formula is C23H19F3N6O2. The fraction of sp³-hybridized carbons (Fsp3) is 0.217. The van der Waals surface area contributed by atoms with Gasteiger partial charge < -0.3 is 20.3 Å². The Bertz CT molecular complexity index is 1420. The second-order valence-corrected chi connectivity index (χ2v) is 8.13. The summed E-state index contributed by atoms with van der Waals surface area (Å²) in [6, 6.07) is 10.2. The Morgan fingerprint density at radius 1 is 1.12 bits per heavy atom. The highest BCUT2D eigenvalue weighted by Gasteiger charge is 2.49. The molecule has 0 bridgehead atoms. The molecule has 3 N–H and O–H groups in total. The molecule has 8 nitrogen and oxygen atoms in total. The fourth-order valence-electron chi connectivity index (χ4n) is 4.29. The molecule has 1 atom stereocenters. The Morgan fingerprint density at radius 2 is 1.85 bits per heavy atom. The molecule has 4 heterocycles. The van der Waals surface area contributed by atoms with Crippen molar-refractivity contribution in [2.45, 2.75) is 18.2 Å². The van der Waals surface area contributed by atoms with Crippen molar-refractivity contribution in [1.82, 2.24) is 19.5 Å². The predicted octanol–water partition coefficient (Wildman–Crippen LogP) is 3.26. The predicted molar refractivity (Wildman–Crippen MR) is 118 cm³/mol. The highest BCUT2D eigenvalue weighted by Crippen LogP contribution is 2.38. The van der Waals surface area contributed by atoms with Crippen LogP contribution >= 0.6 is 0 Å². The number of rotatable bonds is 3. The Morgan fingerprint density at radius 3 is 2.56 bits per heavy atom. The number of aliphatic hydroxyl groups is 1. The summed E-state index contributed by atoms with van der Waals surface area (Å²) in [5.41, 5.74) is 5.26. The van der Waals surface area contributed by atoms with E-state index in [9.17, 15) is 23.1 Å². The van der Waals surface area contributed by atoms with E-state index in [0.29, 0.717) is 22.5 Å². The van der Waals surface area contributed by atoms with Crippen LogP contribution < -0.4 is 10.6 Å². The molecule has 1 aliphatic rings. The van der Waals surface area contributed by atoms with Crippen molar-refractivity contribution in [3.63, 3.8) is 0 Å². The molecule has 0 spiro atoms. The number of nitrogens with two attached hydrogens (primary N) is 1. The number of aryl methyl sites for hydroxylation is 1. The molecule has 1 saturated heterocycles. The molecule has 34 heavy (non-hydrogen) atoms. The van der Waals surface area contributed by atoms with Gasteiger partial charge in [0, 0.05) is 37.5 Å². The number of pyridine rings is 1. The highest BCUT2D eigenvalue weighted by molar-refractivity contribution is 6.03. The average molecular weight is 468 g/mol. The smallest absolute Gasteiger partial charge is 0.383 e. The van der Waals surface area contributed by atoms with Gasteiger partial charge in [-0.15, -0.1) is 0 Å². The minimum Gasteiger partial charge on any atom is -0.383 e. The zero-order valence-corrected chi connectivity index (χ0v) is 17.9. The van der Waals surface area contributed by atoms with Crippen molar-refractivity contribution in [3.8, 4) is 11.1 Å². The van der Waals surface area contributed by atoms with Crippen LogP contribution in [0.15, 0.2) is 55.0 Å². The SMILES string of the molecule is Cn1cc(-c2ccc(N3CCC(O)(c4cccc(C(F)(F)F)n4)C3=O)cc2)c2c(N)ncnc21. The first kappa shape index (κ1) is 21.8.